The van der Waals surface area contributed by atoms with E-state index in [4.69, 9.17) is 4.74 Å². The summed E-state index contributed by atoms with van der Waals surface area (Å²) >= 11 is 2.09. The van der Waals surface area contributed by atoms with E-state index in [0.717, 1.165) is 14.3 Å². The van der Waals surface area contributed by atoms with Gasteiger partial charge in [-0.25, -0.2) is 9.97 Å². The first-order chi connectivity index (χ1) is 9.24. The molecular weight excluding hydrogens is 355 g/mol. The number of hydrogen-bond donors (Lipinski definition) is 1. The van der Waals surface area contributed by atoms with Gasteiger partial charge in [-0.15, -0.1) is 0 Å². The molecule has 0 radical (unpaired) electrons. The van der Waals surface area contributed by atoms with Crippen LogP contribution in [0, 0.1) is 3.57 Å². The molecule has 5 heteroatoms. The first-order valence-electron chi connectivity index (χ1n) is 5.59. The number of nitrogens with zero attached hydrogens (tertiary/aromatic N) is 2. The van der Waals surface area contributed by atoms with E-state index in [2.05, 4.69) is 32.6 Å². The molecule has 0 spiro atoms. The summed E-state index contributed by atoms with van der Waals surface area (Å²) in [5.41, 5.74) is 0. The number of phenolic OH excluding ortho intramolecular Hbond substituents is 1. The Morgan fingerprint density at radius 3 is 2.58 bits per heavy atom. The zero-order valence-corrected chi connectivity index (χ0v) is 11.9. The zero-order chi connectivity index (χ0) is 13.2. The lowest BCUT2D eigenvalue weighted by molar-refractivity contribution is 0.401. The fourth-order valence-corrected chi connectivity index (χ4v) is 2.18. The van der Waals surface area contributed by atoms with Crippen LogP contribution in [0.2, 0.25) is 0 Å². The molecule has 1 N–H and O–H groups in total. The first-order valence-corrected chi connectivity index (χ1v) is 6.67. The highest BCUT2D eigenvalue weighted by Gasteiger charge is 2.09. The van der Waals surface area contributed by atoms with E-state index in [-0.39, 0.29) is 5.75 Å². The molecule has 3 rings (SSSR count). The van der Waals surface area contributed by atoms with Crippen LogP contribution in [-0.2, 0) is 0 Å². The number of halogens is 1. The normalized spacial score (nSPS) is 10.6. The van der Waals surface area contributed by atoms with Crippen molar-refractivity contribution in [1.29, 1.82) is 0 Å². The van der Waals surface area contributed by atoms with Crippen LogP contribution in [-0.4, -0.2) is 15.1 Å². The molecule has 0 aliphatic carbocycles. The monoisotopic (exact) mass is 364 g/mol. The van der Waals surface area contributed by atoms with Crippen molar-refractivity contribution >= 4 is 33.4 Å². The van der Waals surface area contributed by atoms with Gasteiger partial charge in [0.1, 0.15) is 6.33 Å². The minimum absolute atomic E-state index is 0.0908. The lowest BCUT2D eigenvalue weighted by Crippen LogP contribution is -1.92. The average Bonchev–Trinajstić information content (AvgIpc) is 2.42. The maximum Gasteiger partial charge on any atom is 0.235 e. The van der Waals surface area contributed by atoms with Crippen LogP contribution < -0.4 is 4.74 Å². The average molecular weight is 364 g/mol. The first kappa shape index (κ1) is 12.2. The number of aromatic nitrogens is 2. The fraction of sp³-hybridized carbons (Fsp3) is 0. The highest BCUT2D eigenvalue weighted by molar-refractivity contribution is 14.1. The number of aromatic hydroxyl groups is 1. The third-order valence-electron chi connectivity index (χ3n) is 2.67. The molecule has 2 aromatic carbocycles. The van der Waals surface area contributed by atoms with E-state index in [1.807, 2.05) is 24.3 Å². The summed E-state index contributed by atoms with van der Waals surface area (Å²) in [6.07, 6.45) is 3.07. The Morgan fingerprint density at radius 2 is 1.84 bits per heavy atom. The fourth-order valence-electron chi connectivity index (χ4n) is 1.77. The van der Waals surface area contributed by atoms with Gasteiger partial charge in [-0.3, -0.25) is 0 Å². The van der Waals surface area contributed by atoms with Gasteiger partial charge in [0.25, 0.3) is 0 Å². The molecule has 0 bridgehead atoms. The Kier molecular flexibility index (Phi) is 3.20. The van der Waals surface area contributed by atoms with E-state index >= 15 is 0 Å². The second-order valence-corrected chi connectivity index (χ2v) is 5.11. The highest BCUT2D eigenvalue weighted by atomic mass is 127. The minimum atomic E-state index is 0.0908. The second-order valence-electron chi connectivity index (χ2n) is 3.94. The van der Waals surface area contributed by atoms with Gasteiger partial charge in [-0.1, -0.05) is 24.3 Å². The number of benzene rings is 2. The molecule has 0 aliphatic heterocycles. The van der Waals surface area contributed by atoms with E-state index in [9.17, 15) is 5.11 Å². The molecule has 3 aromatic rings. The topological polar surface area (TPSA) is 55.2 Å². The van der Waals surface area contributed by atoms with Gasteiger partial charge in [0, 0.05) is 6.20 Å². The van der Waals surface area contributed by atoms with Gasteiger partial charge in [0.15, 0.2) is 11.5 Å². The summed E-state index contributed by atoms with van der Waals surface area (Å²) in [5.74, 6) is 0.907. The summed E-state index contributed by atoms with van der Waals surface area (Å²) in [7, 11) is 0. The highest BCUT2D eigenvalue weighted by Crippen LogP contribution is 2.34. The molecule has 0 atom stereocenters. The number of phenols is 1. The van der Waals surface area contributed by atoms with Gasteiger partial charge in [0.05, 0.1) is 3.57 Å². The Hall–Kier alpha value is -1.89. The number of rotatable bonds is 2. The molecule has 0 amide bonds. The van der Waals surface area contributed by atoms with Crippen LogP contribution in [0.4, 0.5) is 0 Å². The molecule has 0 saturated heterocycles. The lowest BCUT2D eigenvalue weighted by atomic mass is 10.1. The van der Waals surface area contributed by atoms with Crippen molar-refractivity contribution < 1.29 is 9.84 Å². The van der Waals surface area contributed by atoms with E-state index in [1.54, 1.807) is 18.3 Å². The van der Waals surface area contributed by atoms with Crippen molar-refractivity contribution in [1.82, 2.24) is 9.97 Å². The van der Waals surface area contributed by atoms with Crippen molar-refractivity contribution in [2.75, 3.05) is 0 Å². The third kappa shape index (κ3) is 2.46. The van der Waals surface area contributed by atoms with Crippen molar-refractivity contribution in [3.63, 3.8) is 0 Å². The maximum atomic E-state index is 9.99. The van der Waals surface area contributed by atoms with Crippen LogP contribution in [0.1, 0.15) is 0 Å². The van der Waals surface area contributed by atoms with Crippen molar-refractivity contribution in [3.8, 4) is 17.4 Å². The molecule has 4 nitrogen and oxygen atoms in total. The summed E-state index contributed by atoms with van der Waals surface area (Å²) in [4.78, 5) is 7.94. The molecule has 19 heavy (non-hydrogen) atoms. The SMILES string of the molecule is Oc1cc2ccccc2cc1Oc1ncncc1I. The van der Waals surface area contributed by atoms with Gasteiger partial charge < -0.3 is 9.84 Å². The second kappa shape index (κ2) is 5.00. The molecule has 0 saturated carbocycles. The predicted molar refractivity (Wildman–Crippen MR) is 80.4 cm³/mol. The van der Waals surface area contributed by atoms with E-state index in [0.29, 0.717) is 11.6 Å². The Morgan fingerprint density at radius 1 is 1.11 bits per heavy atom. The number of ether oxygens (including phenoxy) is 1. The Labute approximate surface area is 123 Å². The third-order valence-corrected chi connectivity index (χ3v) is 3.41. The van der Waals surface area contributed by atoms with Crippen molar-refractivity contribution in [3.05, 3.63) is 52.5 Å². The van der Waals surface area contributed by atoms with Gasteiger partial charge >= 0.3 is 0 Å². The lowest BCUT2D eigenvalue weighted by Gasteiger charge is -2.09. The summed E-state index contributed by atoms with van der Waals surface area (Å²) < 4.78 is 6.42. The predicted octanol–water partition coefficient (Wildman–Crippen LogP) is 3.73. The molecular formula is C14H9IN2O2. The van der Waals surface area contributed by atoms with Crippen LogP contribution >= 0.6 is 22.6 Å². The molecule has 94 valence electrons. The van der Waals surface area contributed by atoms with Gasteiger partial charge in [0.2, 0.25) is 5.88 Å². The van der Waals surface area contributed by atoms with Gasteiger partial charge in [-0.2, -0.15) is 0 Å². The zero-order valence-electron chi connectivity index (χ0n) is 9.75. The molecule has 1 heterocycles. The van der Waals surface area contributed by atoms with E-state index < -0.39 is 0 Å². The van der Waals surface area contributed by atoms with Crippen LogP contribution in [0.15, 0.2) is 48.9 Å². The quantitative estimate of drug-likeness (QED) is 0.704. The molecule has 0 aliphatic rings. The van der Waals surface area contributed by atoms with Crippen LogP contribution in [0.3, 0.4) is 0 Å². The number of hydrogen-bond acceptors (Lipinski definition) is 4. The Balaban J connectivity index is 2.06. The van der Waals surface area contributed by atoms with E-state index in [1.165, 1.54) is 6.33 Å². The summed E-state index contributed by atoms with van der Waals surface area (Å²) in [6, 6.07) is 11.2. The summed E-state index contributed by atoms with van der Waals surface area (Å²) in [6.45, 7) is 0. The van der Waals surface area contributed by atoms with Crippen LogP contribution in [0.5, 0.6) is 17.4 Å². The minimum Gasteiger partial charge on any atom is -0.504 e. The van der Waals surface area contributed by atoms with Crippen molar-refractivity contribution in [2.24, 2.45) is 0 Å². The standard InChI is InChI=1S/C14H9IN2O2/c15-11-7-16-8-17-14(11)19-13-6-10-4-2-1-3-9(10)5-12(13)18/h1-8,18H. The van der Waals surface area contributed by atoms with Crippen LogP contribution in [0.25, 0.3) is 10.8 Å². The molecule has 1 aromatic heterocycles. The largest absolute Gasteiger partial charge is 0.504 e. The number of fused-ring (bicyclic) bond motifs is 1. The van der Waals surface area contributed by atoms with Gasteiger partial charge in [-0.05, 0) is 45.5 Å². The molecule has 0 fully saturated rings. The summed E-state index contributed by atoms with van der Waals surface area (Å²) in [5, 5.41) is 12.0. The Bertz CT molecular complexity index is 746. The smallest absolute Gasteiger partial charge is 0.235 e. The molecule has 0 unspecified atom stereocenters. The van der Waals surface area contributed by atoms with Crippen molar-refractivity contribution in [2.45, 2.75) is 0 Å². The maximum absolute atomic E-state index is 9.99.